The maximum absolute atomic E-state index is 12.7. The first-order valence-corrected chi connectivity index (χ1v) is 12.4. The van der Waals surface area contributed by atoms with Crippen LogP contribution in [0.1, 0.15) is 30.9 Å². The molecule has 3 aromatic rings. The summed E-state index contributed by atoms with van der Waals surface area (Å²) in [6, 6.07) is 23.2. The molecular formula is C30H34N4O. The van der Waals surface area contributed by atoms with E-state index in [1.54, 1.807) is 6.20 Å². The Morgan fingerprint density at radius 1 is 0.971 bits per heavy atom. The van der Waals surface area contributed by atoms with Gasteiger partial charge in [-0.25, -0.2) is 4.79 Å². The van der Waals surface area contributed by atoms with Gasteiger partial charge in [-0.2, -0.15) is 0 Å². The van der Waals surface area contributed by atoms with E-state index in [0.717, 1.165) is 48.5 Å². The van der Waals surface area contributed by atoms with Crippen LogP contribution in [0.15, 0.2) is 85.1 Å². The molecular weight excluding hydrogens is 432 g/mol. The second-order valence-corrected chi connectivity index (χ2v) is 9.01. The second-order valence-electron chi connectivity index (χ2n) is 9.01. The number of nitrogens with one attached hydrogen (secondary N) is 3. The monoisotopic (exact) mass is 466 g/mol. The van der Waals surface area contributed by atoms with Crippen LogP contribution < -0.4 is 26.5 Å². The van der Waals surface area contributed by atoms with Gasteiger partial charge in [-0.1, -0.05) is 85.0 Å². The molecule has 1 aliphatic rings. The van der Waals surface area contributed by atoms with Crippen molar-refractivity contribution >= 4 is 23.9 Å². The Hall–Kier alpha value is -3.70. The number of fused-ring (bicyclic) bond motifs is 1. The number of allylic oxidation sites excluding steroid dienone is 2. The number of rotatable bonds is 10. The number of hydrogen-bond donors (Lipinski definition) is 3. The van der Waals surface area contributed by atoms with Crippen molar-refractivity contribution in [1.29, 1.82) is 0 Å². The molecule has 0 spiro atoms. The number of urea groups is 1. The Bertz CT molecular complexity index is 1200. The number of aromatic nitrogens is 1. The molecule has 0 saturated heterocycles. The van der Waals surface area contributed by atoms with Crippen LogP contribution >= 0.6 is 0 Å². The van der Waals surface area contributed by atoms with Crippen molar-refractivity contribution in [3.05, 3.63) is 107 Å². The molecule has 35 heavy (non-hydrogen) atoms. The molecule has 5 heteroatoms. The lowest BCUT2D eigenvalue weighted by atomic mass is 9.98. The van der Waals surface area contributed by atoms with Crippen LogP contribution in [0.5, 0.6) is 0 Å². The molecule has 1 aliphatic carbocycles. The standard InChI is InChI=1S/C30H34N4O/c1-23(33-30(35)34-29-18-20-32-28-16-10-4-9-15-27(28)29)17-19-31-26(21-24-11-5-2-6-12-24)22-25-13-7-3-8-14-25/h2-9,11-16,18,20,23,26,31H,10,17,19,21-22H2,1H3,(H2,33,34,35)/t23-/m1/s1. The van der Waals surface area contributed by atoms with Crippen molar-refractivity contribution in [1.82, 2.24) is 15.6 Å². The summed E-state index contributed by atoms with van der Waals surface area (Å²) in [7, 11) is 0. The molecule has 0 unspecified atom stereocenters. The van der Waals surface area contributed by atoms with E-state index in [-0.39, 0.29) is 12.1 Å². The van der Waals surface area contributed by atoms with Gasteiger partial charge in [-0.3, -0.25) is 4.98 Å². The van der Waals surface area contributed by atoms with Crippen LogP contribution in [-0.4, -0.2) is 29.6 Å². The molecule has 5 nitrogen and oxygen atoms in total. The van der Waals surface area contributed by atoms with Crippen LogP contribution in [0.3, 0.4) is 0 Å². The molecule has 1 heterocycles. The lowest BCUT2D eigenvalue weighted by molar-refractivity contribution is 0.248. The van der Waals surface area contributed by atoms with Gasteiger partial charge in [0.25, 0.3) is 0 Å². The molecule has 2 amide bonds. The maximum atomic E-state index is 12.7. The van der Waals surface area contributed by atoms with Crippen molar-refractivity contribution in [2.24, 2.45) is 0 Å². The molecule has 0 aliphatic heterocycles. The largest absolute Gasteiger partial charge is 0.335 e. The van der Waals surface area contributed by atoms with Gasteiger partial charge in [-0.15, -0.1) is 0 Å². The number of amides is 2. The highest BCUT2D eigenvalue weighted by molar-refractivity contribution is 5.89. The lowest BCUT2D eigenvalue weighted by Crippen LogP contribution is -2.41. The zero-order valence-electron chi connectivity index (χ0n) is 20.3. The fourth-order valence-corrected chi connectivity index (χ4v) is 4.33. The summed E-state index contributed by atoms with van der Waals surface area (Å²) in [5.74, 6) is 0. The average Bonchev–Trinajstić information content (AvgIpc) is 3.12. The summed E-state index contributed by atoms with van der Waals surface area (Å²) < 4.78 is 0. The number of hydrogen-bond acceptors (Lipinski definition) is 3. The first kappa shape index (κ1) is 24.4. The lowest BCUT2D eigenvalue weighted by Gasteiger charge is -2.21. The minimum absolute atomic E-state index is 0.0347. The van der Waals surface area contributed by atoms with E-state index in [1.165, 1.54) is 11.1 Å². The number of nitrogens with zero attached hydrogens (tertiary/aromatic N) is 1. The number of carbonyl (C=O) groups is 1. The van der Waals surface area contributed by atoms with E-state index < -0.39 is 0 Å². The van der Waals surface area contributed by atoms with Crippen molar-refractivity contribution < 1.29 is 4.79 Å². The Morgan fingerprint density at radius 3 is 2.34 bits per heavy atom. The molecule has 4 rings (SSSR count). The summed E-state index contributed by atoms with van der Waals surface area (Å²) in [5.41, 5.74) is 3.42. The zero-order chi connectivity index (χ0) is 24.3. The van der Waals surface area contributed by atoms with Crippen molar-refractivity contribution in [3.63, 3.8) is 0 Å². The van der Waals surface area contributed by atoms with E-state index in [2.05, 4.69) is 93.8 Å². The molecule has 2 aromatic carbocycles. The van der Waals surface area contributed by atoms with Crippen LogP contribution in [0.25, 0.3) is 12.2 Å². The predicted molar refractivity (Wildman–Crippen MR) is 144 cm³/mol. The molecule has 0 bridgehead atoms. The zero-order valence-corrected chi connectivity index (χ0v) is 20.3. The smallest absolute Gasteiger partial charge is 0.319 e. The fraction of sp³-hybridized carbons (Fsp3) is 0.267. The summed E-state index contributed by atoms with van der Waals surface area (Å²) in [4.78, 5) is 17.1. The number of benzene rings is 2. The third kappa shape index (κ3) is 7.66. The van der Waals surface area contributed by atoms with Gasteiger partial charge in [0, 0.05) is 23.5 Å². The molecule has 0 radical (unpaired) electrons. The normalized spacial score (nSPS) is 13.2. The van der Waals surface area contributed by atoms with Gasteiger partial charge in [0.2, 0.25) is 0 Å². The Morgan fingerprint density at radius 2 is 1.66 bits per heavy atom. The van der Waals surface area contributed by atoms with Crippen LogP contribution in [-0.2, 0) is 12.8 Å². The van der Waals surface area contributed by atoms with Crippen molar-refractivity contribution in [2.75, 3.05) is 11.9 Å². The van der Waals surface area contributed by atoms with Gasteiger partial charge in [0.1, 0.15) is 0 Å². The summed E-state index contributed by atoms with van der Waals surface area (Å²) >= 11 is 0. The maximum Gasteiger partial charge on any atom is 0.319 e. The minimum atomic E-state index is -0.197. The summed E-state index contributed by atoms with van der Waals surface area (Å²) in [5, 5.41) is 11.6. The van der Waals surface area contributed by atoms with E-state index in [9.17, 15) is 4.79 Å². The fourth-order valence-electron chi connectivity index (χ4n) is 4.33. The van der Waals surface area contributed by atoms with Crippen molar-refractivity contribution in [3.8, 4) is 0 Å². The number of carbonyl (C=O) groups excluding carboxylic acids is 1. The van der Waals surface area contributed by atoms with Gasteiger partial charge < -0.3 is 16.0 Å². The highest BCUT2D eigenvalue weighted by Crippen LogP contribution is 2.10. The predicted octanol–water partition coefficient (Wildman–Crippen LogP) is 3.95. The second kappa shape index (κ2) is 12.7. The van der Waals surface area contributed by atoms with Crippen LogP contribution in [0.2, 0.25) is 0 Å². The molecule has 0 saturated carbocycles. The van der Waals surface area contributed by atoms with E-state index in [4.69, 9.17) is 0 Å². The first-order valence-electron chi connectivity index (χ1n) is 12.4. The van der Waals surface area contributed by atoms with Gasteiger partial charge >= 0.3 is 6.03 Å². The highest BCUT2D eigenvalue weighted by atomic mass is 16.2. The van der Waals surface area contributed by atoms with Crippen LogP contribution in [0, 0.1) is 0 Å². The molecule has 180 valence electrons. The van der Waals surface area contributed by atoms with Gasteiger partial charge in [-0.05, 0) is 56.3 Å². The number of anilines is 1. The van der Waals surface area contributed by atoms with Crippen LogP contribution in [0.4, 0.5) is 10.5 Å². The average molecular weight is 467 g/mol. The third-order valence-corrected chi connectivity index (χ3v) is 6.15. The minimum Gasteiger partial charge on any atom is -0.335 e. The molecule has 1 atom stereocenters. The van der Waals surface area contributed by atoms with Crippen molar-refractivity contribution in [2.45, 2.75) is 44.7 Å². The van der Waals surface area contributed by atoms with E-state index in [0.29, 0.717) is 6.04 Å². The Balaban J connectivity index is 1.30. The molecule has 1 aromatic heterocycles. The first-order chi connectivity index (χ1) is 17.2. The van der Waals surface area contributed by atoms with E-state index >= 15 is 0 Å². The highest BCUT2D eigenvalue weighted by Gasteiger charge is 2.13. The topological polar surface area (TPSA) is 66.0 Å². The summed E-state index contributed by atoms with van der Waals surface area (Å²) in [6.07, 6.45) is 13.5. The van der Waals surface area contributed by atoms with E-state index in [1.807, 2.05) is 25.1 Å². The van der Waals surface area contributed by atoms with Gasteiger partial charge in [0.15, 0.2) is 0 Å². The number of pyridine rings is 1. The quantitative estimate of drug-likeness (QED) is 0.424. The van der Waals surface area contributed by atoms with Gasteiger partial charge in [0.05, 0.1) is 11.0 Å². The Labute approximate surface area is 207 Å². The molecule has 3 N–H and O–H groups in total. The Kier molecular flexibility index (Phi) is 8.85. The summed E-state index contributed by atoms with van der Waals surface area (Å²) in [6.45, 7) is 2.87. The molecule has 0 fully saturated rings. The SMILES string of the molecule is C[C@H](CCNC(Cc1ccccc1)Cc1ccccc1)NC(=O)Nc1ccnc2c1=CC=CCC=2. The third-order valence-electron chi connectivity index (χ3n) is 6.15.